The van der Waals surface area contributed by atoms with Crippen LogP contribution in [0.3, 0.4) is 0 Å². The molecule has 1 N–H and O–H groups in total. The predicted octanol–water partition coefficient (Wildman–Crippen LogP) is 5.64. The van der Waals surface area contributed by atoms with Crippen molar-refractivity contribution >= 4 is 10.8 Å². The zero-order valence-corrected chi connectivity index (χ0v) is 17.1. The Morgan fingerprint density at radius 1 is 1.00 bits per heavy atom. The smallest absolute Gasteiger partial charge is 0.127 e. The van der Waals surface area contributed by atoms with Crippen LogP contribution >= 0.6 is 0 Å². The summed E-state index contributed by atoms with van der Waals surface area (Å²) in [5, 5.41) is 6.54. The van der Waals surface area contributed by atoms with Crippen molar-refractivity contribution in [1.29, 1.82) is 0 Å². The Balaban J connectivity index is 1.43. The first-order valence-electron chi connectivity index (χ1n) is 10.8. The zero-order valence-electron chi connectivity index (χ0n) is 17.1. The summed E-state index contributed by atoms with van der Waals surface area (Å²) in [5.41, 5.74) is 2.52. The fourth-order valence-corrected chi connectivity index (χ4v) is 5.16. The molecule has 0 amide bonds. The summed E-state index contributed by atoms with van der Waals surface area (Å²) in [6.07, 6.45) is 7.04. The second-order valence-electron chi connectivity index (χ2n) is 8.48. The summed E-state index contributed by atoms with van der Waals surface area (Å²) in [4.78, 5) is 0. The predicted molar refractivity (Wildman–Crippen MR) is 118 cm³/mol. The molecule has 1 aliphatic heterocycles. The lowest BCUT2D eigenvalue weighted by atomic mass is 9.75. The molecule has 0 bridgehead atoms. The van der Waals surface area contributed by atoms with Gasteiger partial charge in [0, 0.05) is 12.6 Å². The van der Waals surface area contributed by atoms with E-state index in [4.69, 9.17) is 9.47 Å². The lowest BCUT2D eigenvalue weighted by molar-refractivity contribution is -0.0189. The first-order chi connectivity index (χ1) is 14.3. The summed E-state index contributed by atoms with van der Waals surface area (Å²) < 4.78 is 12.2. The highest BCUT2D eigenvalue weighted by Gasteiger charge is 2.45. The maximum atomic E-state index is 6.75. The van der Waals surface area contributed by atoms with Crippen molar-refractivity contribution in [1.82, 2.24) is 5.32 Å². The van der Waals surface area contributed by atoms with E-state index in [1.807, 2.05) is 6.07 Å². The summed E-state index contributed by atoms with van der Waals surface area (Å²) in [6.45, 7) is 0.864. The number of methoxy groups -OCH3 is 1. The van der Waals surface area contributed by atoms with Crippen molar-refractivity contribution in [2.75, 3.05) is 7.11 Å². The van der Waals surface area contributed by atoms with Crippen LogP contribution in [0.1, 0.15) is 43.2 Å². The van der Waals surface area contributed by atoms with Crippen molar-refractivity contribution in [3.8, 4) is 11.5 Å². The van der Waals surface area contributed by atoms with Crippen LogP contribution in [0.25, 0.3) is 10.8 Å². The molecule has 1 heterocycles. The van der Waals surface area contributed by atoms with Gasteiger partial charge in [0.05, 0.1) is 13.2 Å². The number of rotatable bonds is 4. The maximum absolute atomic E-state index is 6.75. The van der Waals surface area contributed by atoms with E-state index in [1.54, 1.807) is 7.11 Å². The molecule has 1 aliphatic carbocycles. The van der Waals surface area contributed by atoms with E-state index in [0.29, 0.717) is 6.04 Å². The van der Waals surface area contributed by atoms with Crippen LogP contribution in [0.15, 0.2) is 60.7 Å². The molecule has 5 rings (SSSR count). The summed E-state index contributed by atoms with van der Waals surface area (Å²) in [7, 11) is 1.72. The van der Waals surface area contributed by atoms with E-state index >= 15 is 0 Å². The number of nitrogens with one attached hydrogen (secondary N) is 1. The van der Waals surface area contributed by atoms with Crippen LogP contribution in [-0.4, -0.2) is 18.8 Å². The Morgan fingerprint density at radius 3 is 2.69 bits per heavy atom. The Labute approximate surface area is 173 Å². The largest absolute Gasteiger partial charge is 0.497 e. The number of hydrogen-bond donors (Lipinski definition) is 1. The fourth-order valence-electron chi connectivity index (χ4n) is 5.16. The third-order valence-electron chi connectivity index (χ3n) is 6.77. The highest BCUT2D eigenvalue weighted by Crippen LogP contribution is 2.43. The molecule has 0 radical (unpaired) electrons. The molecule has 3 aromatic carbocycles. The lowest BCUT2D eigenvalue weighted by Gasteiger charge is -2.47. The minimum absolute atomic E-state index is 0.109. The third kappa shape index (κ3) is 3.49. The molecule has 3 heteroatoms. The number of ether oxygens (including phenoxy) is 2. The minimum atomic E-state index is -0.109. The first kappa shape index (κ1) is 18.5. The van der Waals surface area contributed by atoms with E-state index in [-0.39, 0.29) is 5.60 Å². The van der Waals surface area contributed by atoms with Crippen molar-refractivity contribution in [2.45, 2.75) is 56.7 Å². The molecule has 0 saturated heterocycles. The van der Waals surface area contributed by atoms with Gasteiger partial charge in [-0.1, -0.05) is 55.0 Å². The molecule has 1 saturated carbocycles. The molecular formula is C26H29NO2. The molecule has 29 heavy (non-hydrogen) atoms. The average Bonchev–Trinajstić information content (AvgIpc) is 2.78. The monoisotopic (exact) mass is 387 g/mol. The topological polar surface area (TPSA) is 30.5 Å². The van der Waals surface area contributed by atoms with Gasteiger partial charge in [-0.3, -0.25) is 0 Å². The van der Waals surface area contributed by atoms with Crippen LogP contribution in [-0.2, 0) is 13.0 Å². The van der Waals surface area contributed by atoms with Gasteiger partial charge < -0.3 is 14.8 Å². The van der Waals surface area contributed by atoms with E-state index in [9.17, 15) is 0 Å². The van der Waals surface area contributed by atoms with E-state index in [1.165, 1.54) is 41.2 Å². The van der Waals surface area contributed by atoms with Crippen molar-refractivity contribution in [3.05, 3.63) is 71.8 Å². The quantitative estimate of drug-likeness (QED) is 0.628. The molecule has 3 aromatic rings. The van der Waals surface area contributed by atoms with Gasteiger partial charge in [-0.05, 0) is 60.1 Å². The Hall–Kier alpha value is -2.52. The van der Waals surface area contributed by atoms with Gasteiger partial charge in [-0.15, -0.1) is 0 Å². The van der Waals surface area contributed by atoms with Crippen LogP contribution in [0.5, 0.6) is 11.5 Å². The van der Waals surface area contributed by atoms with Gasteiger partial charge in [0.25, 0.3) is 0 Å². The van der Waals surface area contributed by atoms with Crippen LogP contribution in [0.4, 0.5) is 0 Å². The Morgan fingerprint density at radius 2 is 1.83 bits per heavy atom. The van der Waals surface area contributed by atoms with Crippen LogP contribution in [0, 0.1) is 0 Å². The third-order valence-corrected chi connectivity index (χ3v) is 6.77. The highest BCUT2D eigenvalue weighted by atomic mass is 16.5. The van der Waals surface area contributed by atoms with E-state index in [2.05, 4.69) is 59.9 Å². The second-order valence-corrected chi connectivity index (χ2v) is 8.48. The normalized spacial score (nSPS) is 20.2. The molecular weight excluding hydrogens is 358 g/mol. The Kier molecular flexibility index (Phi) is 4.92. The second kappa shape index (κ2) is 7.72. The standard InChI is InChI=1S/C26H29NO2/c1-28-22-13-12-20-16-25(26(29-24(20)17-22)14-5-2-6-15-26)27-18-21-10-7-9-19-8-3-4-11-23(19)21/h3-4,7-13,17,25,27H,2,5-6,14-16,18H2,1H3. The van der Waals surface area contributed by atoms with E-state index in [0.717, 1.165) is 37.3 Å². The molecule has 3 nitrogen and oxygen atoms in total. The van der Waals surface area contributed by atoms with E-state index < -0.39 is 0 Å². The molecule has 1 spiro atoms. The molecule has 2 aliphatic rings. The van der Waals surface area contributed by atoms with Crippen LogP contribution < -0.4 is 14.8 Å². The van der Waals surface area contributed by atoms with Crippen molar-refractivity contribution in [3.63, 3.8) is 0 Å². The van der Waals surface area contributed by atoms with Gasteiger partial charge in [0.15, 0.2) is 0 Å². The summed E-state index contributed by atoms with van der Waals surface area (Å²) in [5.74, 6) is 1.88. The highest BCUT2D eigenvalue weighted by molar-refractivity contribution is 5.85. The SMILES string of the molecule is COc1ccc2c(c1)OC1(CCCCC1)C(NCc1cccc3ccccc13)C2. The fraction of sp³-hybridized carbons (Fsp3) is 0.385. The summed E-state index contributed by atoms with van der Waals surface area (Å²) >= 11 is 0. The molecule has 0 aromatic heterocycles. The lowest BCUT2D eigenvalue weighted by Crippen LogP contribution is -2.58. The van der Waals surface area contributed by atoms with Gasteiger partial charge in [-0.2, -0.15) is 0 Å². The number of benzene rings is 3. The maximum Gasteiger partial charge on any atom is 0.127 e. The average molecular weight is 388 g/mol. The number of hydrogen-bond acceptors (Lipinski definition) is 3. The summed E-state index contributed by atoms with van der Waals surface area (Å²) in [6, 6.07) is 21.8. The first-order valence-corrected chi connectivity index (χ1v) is 10.8. The van der Waals surface area contributed by atoms with Crippen molar-refractivity contribution in [2.24, 2.45) is 0 Å². The molecule has 150 valence electrons. The number of fused-ring (bicyclic) bond motifs is 2. The Bertz CT molecular complexity index is 1000. The van der Waals surface area contributed by atoms with Gasteiger partial charge in [0.1, 0.15) is 17.1 Å². The molecule has 1 fully saturated rings. The minimum Gasteiger partial charge on any atom is -0.497 e. The van der Waals surface area contributed by atoms with Crippen molar-refractivity contribution < 1.29 is 9.47 Å². The van der Waals surface area contributed by atoms with Gasteiger partial charge >= 0.3 is 0 Å². The zero-order chi connectivity index (χ0) is 19.7. The van der Waals surface area contributed by atoms with Crippen LogP contribution in [0.2, 0.25) is 0 Å². The van der Waals surface area contributed by atoms with Gasteiger partial charge in [0.2, 0.25) is 0 Å². The van der Waals surface area contributed by atoms with Gasteiger partial charge in [-0.25, -0.2) is 0 Å². The molecule has 1 unspecified atom stereocenters. The molecule has 1 atom stereocenters.